The first-order valence-electron chi connectivity index (χ1n) is 9.25. The minimum atomic E-state index is -0.490. The van der Waals surface area contributed by atoms with Crippen LogP contribution in [0.25, 0.3) is 0 Å². The molecule has 6 heteroatoms. The lowest BCUT2D eigenvalue weighted by Gasteiger charge is -2.32. The number of amides is 1. The monoisotopic (exact) mass is 359 g/mol. The molecule has 0 N–H and O–H groups in total. The van der Waals surface area contributed by atoms with Gasteiger partial charge in [-0.15, -0.1) is 0 Å². The molecule has 5 nitrogen and oxygen atoms in total. The molecule has 2 aliphatic rings. The number of ether oxygens (including phenoxy) is 1. The van der Waals surface area contributed by atoms with Gasteiger partial charge in [-0.1, -0.05) is 17.7 Å². The van der Waals surface area contributed by atoms with Crippen molar-refractivity contribution in [3.63, 3.8) is 0 Å². The maximum absolute atomic E-state index is 12.4. The molecule has 0 atom stereocenters. The van der Waals surface area contributed by atoms with Crippen LogP contribution < -0.4 is 5.46 Å². The van der Waals surface area contributed by atoms with E-state index in [1.807, 2.05) is 20.8 Å². The normalized spacial score (nSPS) is 21.1. The Morgan fingerprint density at radius 1 is 1.08 bits per heavy atom. The highest BCUT2D eigenvalue weighted by Crippen LogP contribution is 2.37. The van der Waals surface area contributed by atoms with Crippen molar-refractivity contribution in [1.29, 1.82) is 0 Å². The van der Waals surface area contributed by atoms with Crippen molar-refractivity contribution in [1.82, 2.24) is 4.90 Å². The second kappa shape index (κ2) is 5.99. The van der Waals surface area contributed by atoms with Gasteiger partial charge in [-0.2, -0.15) is 0 Å². The van der Waals surface area contributed by atoms with Crippen LogP contribution >= 0.6 is 0 Å². The Morgan fingerprint density at radius 2 is 1.58 bits per heavy atom. The number of benzene rings is 1. The minimum Gasteiger partial charge on any atom is -0.444 e. The van der Waals surface area contributed by atoms with Gasteiger partial charge in [0.2, 0.25) is 0 Å². The SMILES string of the molecule is Cc1cc2c(cc1B1OC(C)(C)C(C)(C)O1)CN(C(=O)OC(C)(C)C)C2. The third kappa shape index (κ3) is 3.49. The van der Waals surface area contributed by atoms with Crippen molar-refractivity contribution in [3.8, 4) is 0 Å². The van der Waals surface area contributed by atoms with Gasteiger partial charge in [-0.3, -0.25) is 4.90 Å². The van der Waals surface area contributed by atoms with Gasteiger partial charge >= 0.3 is 13.2 Å². The fourth-order valence-corrected chi connectivity index (χ4v) is 3.27. The number of hydrogen-bond donors (Lipinski definition) is 0. The van der Waals surface area contributed by atoms with Crippen LogP contribution in [0.15, 0.2) is 12.1 Å². The standard InChI is InChI=1S/C20H30BNO4/c1-13-9-14-11-22(17(23)24-18(2,3)4)12-15(14)10-16(13)21-25-19(5,6)20(7,8)26-21/h9-10H,11-12H2,1-8H3. The maximum atomic E-state index is 12.4. The third-order valence-corrected chi connectivity index (χ3v) is 5.47. The Bertz CT molecular complexity index is 720. The van der Waals surface area contributed by atoms with Crippen molar-refractivity contribution in [3.05, 3.63) is 28.8 Å². The van der Waals surface area contributed by atoms with Crippen LogP contribution in [0.5, 0.6) is 0 Å². The lowest BCUT2D eigenvalue weighted by molar-refractivity contribution is 0.00578. The lowest BCUT2D eigenvalue weighted by Crippen LogP contribution is -2.41. The summed E-state index contributed by atoms with van der Waals surface area (Å²) in [6.45, 7) is 17.1. The smallest absolute Gasteiger partial charge is 0.444 e. The van der Waals surface area contributed by atoms with E-state index in [0.717, 1.165) is 22.2 Å². The zero-order chi connectivity index (χ0) is 19.5. The molecule has 1 aromatic carbocycles. The quantitative estimate of drug-likeness (QED) is 0.720. The summed E-state index contributed by atoms with van der Waals surface area (Å²) in [5.41, 5.74) is 3.22. The van der Waals surface area contributed by atoms with Gasteiger partial charge in [0.15, 0.2) is 0 Å². The highest BCUT2D eigenvalue weighted by Gasteiger charge is 2.52. The molecular weight excluding hydrogens is 329 g/mol. The molecule has 1 saturated heterocycles. The van der Waals surface area contributed by atoms with Crippen molar-refractivity contribution in [2.75, 3.05) is 0 Å². The first-order valence-corrected chi connectivity index (χ1v) is 9.25. The molecule has 2 heterocycles. The lowest BCUT2D eigenvalue weighted by atomic mass is 9.75. The van der Waals surface area contributed by atoms with E-state index in [9.17, 15) is 4.79 Å². The fraction of sp³-hybridized carbons (Fsp3) is 0.650. The Morgan fingerprint density at radius 3 is 2.08 bits per heavy atom. The zero-order valence-electron chi connectivity index (χ0n) is 17.2. The van der Waals surface area contributed by atoms with Crippen LogP contribution in [-0.2, 0) is 27.1 Å². The number of nitrogens with zero attached hydrogens (tertiary/aromatic N) is 1. The number of fused-ring (bicyclic) bond motifs is 1. The number of hydrogen-bond acceptors (Lipinski definition) is 4. The van der Waals surface area contributed by atoms with Gasteiger partial charge in [0.1, 0.15) is 5.60 Å². The van der Waals surface area contributed by atoms with Crippen LogP contribution in [0.2, 0.25) is 0 Å². The van der Waals surface area contributed by atoms with Crippen molar-refractivity contribution < 1.29 is 18.8 Å². The molecule has 0 unspecified atom stereocenters. The first kappa shape index (κ1) is 19.2. The number of rotatable bonds is 1. The highest BCUT2D eigenvalue weighted by atomic mass is 16.7. The van der Waals surface area contributed by atoms with Gasteiger partial charge in [0, 0.05) is 13.1 Å². The molecule has 2 aliphatic heterocycles. The van der Waals surface area contributed by atoms with Gasteiger partial charge in [-0.05, 0) is 72.0 Å². The minimum absolute atomic E-state index is 0.275. The van der Waals surface area contributed by atoms with Crippen LogP contribution in [0.1, 0.15) is 65.2 Å². The number of carbonyl (C=O) groups excluding carboxylic acids is 1. The number of aryl methyl sites for hydroxylation is 1. The second-order valence-corrected chi connectivity index (χ2v) is 9.40. The number of carbonyl (C=O) groups is 1. The molecule has 0 radical (unpaired) electrons. The van der Waals surface area contributed by atoms with E-state index >= 15 is 0 Å². The van der Waals surface area contributed by atoms with Gasteiger partial charge < -0.3 is 14.0 Å². The molecule has 1 fully saturated rings. The Kier molecular flexibility index (Phi) is 4.44. The third-order valence-electron chi connectivity index (χ3n) is 5.47. The molecule has 0 saturated carbocycles. The molecular formula is C20H30BNO4. The predicted octanol–water partition coefficient (Wildman–Crippen LogP) is 3.54. The molecule has 0 aromatic heterocycles. The van der Waals surface area contributed by atoms with E-state index < -0.39 is 5.60 Å². The fourth-order valence-electron chi connectivity index (χ4n) is 3.27. The molecule has 1 aromatic rings. The average molecular weight is 359 g/mol. The van der Waals surface area contributed by atoms with E-state index in [0.29, 0.717) is 13.1 Å². The predicted molar refractivity (Wildman–Crippen MR) is 102 cm³/mol. The summed E-state index contributed by atoms with van der Waals surface area (Å²) in [7, 11) is -0.388. The van der Waals surface area contributed by atoms with Gasteiger partial charge in [-0.25, -0.2) is 4.79 Å². The Hall–Kier alpha value is -1.53. The van der Waals surface area contributed by atoms with E-state index in [2.05, 4.69) is 46.8 Å². The van der Waals surface area contributed by atoms with Crippen molar-refractivity contribution >= 4 is 18.7 Å². The molecule has 1 amide bonds. The van der Waals surface area contributed by atoms with Crippen LogP contribution in [0.3, 0.4) is 0 Å². The van der Waals surface area contributed by atoms with E-state index in [4.69, 9.17) is 14.0 Å². The zero-order valence-corrected chi connectivity index (χ0v) is 17.2. The molecule has 3 rings (SSSR count). The summed E-state index contributed by atoms with van der Waals surface area (Å²) in [5.74, 6) is 0. The molecule has 0 bridgehead atoms. The summed E-state index contributed by atoms with van der Waals surface area (Å²) in [4.78, 5) is 14.1. The Labute approximate surface area is 157 Å². The molecule has 26 heavy (non-hydrogen) atoms. The van der Waals surface area contributed by atoms with Crippen molar-refractivity contribution in [2.24, 2.45) is 0 Å². The van der Waals surface area contributed by atoms with Crippen molar-refractivity contribution in [2.45, 2.75) is 85.3 Å². The second-order valence-electron chi connectivity index (χ2n) is 9.40. The summed E-state index contributed by atoms with van der Waals surface area (Å²) < 4.78 is 17.9. The summed E-state index contributed by atoms with van der Waals surface area (Å²) in [5, 5.41) is 0. The van der Waals surface area contributed by atoms with E-state index in [1.165, 1.54) is 0 Å². The average Bonchev–Trinajstić information content (AvgIpc) is 2.94. The molecule has 0 spiro atoms. The topological polar surface area (TPSA) is 48.0 Å². The van der Waals surface area contributed by atoms with E-state index in [-0.39, 0.29) is 24.4 Å². The highest BCUT2D eigenvalue weighted by molar-refractivity contribution is 6.62. The van der Waals surface area contributed by atoms with Crippen LogP contribution in [0.4, 0.5) is 4.79 Å². The first-order chi connectivity index (χ1) is 11.8. The van der Waals surface area contributed by atoms with E-state index in [1.54, 1.807) is 4.90 Å². The summed E-state index contributed by atoms with van der Waals surface area (Å²) >= 11 is 0. The van der Waals surface area contributed by atoms with Crippen LogP contribution in [-0.4, -0.2) is 34.9 Å². The molecule has 0 aliphatic carbocycles. The summed E-state index contributed by atoms with van der Waals surface area (Å²) in [6.07, 6.45) is -0.275. The van der Waals surface area contributed by atoms with Crippen LogP contribution in [0, 0.1) is 6.92 Å². The molecule has 142 valence electrons. The van der Waals surface area contributed by atoms with Gasteiger partial charge in [0.25, 0.3) is 0 Å². The Balaban J connectivity index is 1.81. The van der Waals surface area contributed by atoms with Gasteiger partial charge in [0.05, 0.1) is 11.2 Å². The maximum Gasteiger partial charge on any atom is 0.495 e. The largest absolute Gasteiger partial charge is 0.495 e. The summed E-state index contributed by atoms with van der Waals surface area (Å²) in [6, 6.07) is 4.26.